The third-order valence-corrected chi connectivity index (χ3v) is 4.24. The second-order valence-electron chi connectivity index (χ2n) is 6.15. The van der Waals surface area contributed by atoms with Crippen molar-refractivity contribution in [1.82, 2.24) is 14.9 Å². The van der Waals surface area contributed by atoms with Gasteiger partial charge < -0.3 is 9.47 Å². The molecule has 0 aliphatic carbocycles. The molecule has 2 aromatic carbocycles. The number of aromatic amines is 1. The minimum absolute atomic E-state index is 0.454. The summed E-state index contributed by atoms with van der Waals surface area (Å²) in [5, 5.41) is 11.6. The van der Waals surface area contributed by atoms with Crippen molar-refractivity contribution in [3.05, 3.63) is 70.3 Å². The zero-order chi connectivity index (χ0) is 19.8. The maximum atomic E-state index is 5.74. The number of nitrogens with zero attached hydrogens (tertiary/aromatic N) is 3. The molecule has 3 rings (SSSR count). The van der Waals surface area contributed by atoms with Gasteiger partial charge in [-0.05, 0) is 54.9 Å². The first-order chi connectivity index (χ1) is 13.7. The van der Waals surface area contributed by atoms with Gasteiger partial charge in [0, 0.05) is 6.42 Å². The molecule has 0 aliphatic heterocycles. The van der Waals surface area contributed by atoms with E-state index in [1.165, 1.54) is 0 Å². The zero-order valence-corrected chi connectivity index (χ0v) is 16.9. The van der Waals surface area contributed by atoms with E-state index >= 15 is 0 Å². The van der Waals surface area contributed by atoms with Crippen LogP contribution in [0.4, 0.5) is 0 Å². The molecule has 0 unspecified atom stereocenters. The maximum absolute atomic E-state index is 5.74. The van der Waals surface area contributed by atoms with Gasteiger partial charge in [-0.1, -0.05) is 37.3 Å². The molecule has 146 valence electrons. The maximum Gasteiger partial charge on any atom is 0.216 e. The summed E-state index contributed by atoms with van der Waals surface area (Å²) in [6.45, 7) is 5.24. The minimum Gasteiger partial charge on any atom is -0.490 e. The van der Waals surface area contributed by atoms with Crippen molar-refractivity contribution < 1.29 is 9.47 Å². The van der Waals surface area contributed by atoms with Crippen LogP contribution in [0, 0.1) is 4.77 Å². The molecule has 0 aliphatic rings. The van der Waals surface area contributed by atoms with Gasteiger partial charge in [0.25, 0.3) is 0 Å². The van der Waals surface area contributed by atoms with Crippen LogP contribution in [0.2, 0.25) is 0 Å². The molecular weight excluding hydrogens is 372 g/mol. The molecule has 0 bridgehead atoms. The van der Waals surface area contributed by atoms with E-state index in [-0.39, 0.29) is 0 Å². The molecule has 0 fully saturated rings. The lowest BCUT2D eigenvalue weighted by atomic mass is 10.1. The number of aromatic nitrogens is 3. The summed E-state index contributed by atoms with van der Waals surface area (Å²) in [6.07, 6.45) is 3.32. The Labute approximate surface area is 169 Å². The summed E-state index contributed by atoms with van der Waals surface area (Å²) in [4.78, 5) is 0. The third-order valence-electron chi connectivity index (χ3n) is 3.97. The number of benzene rings is 2. The molecule has 0 radical (unpaired) electrons. The van der Waals surface area contributed by atoms with Gasteiger partial charge in [-0.2, -0.15) is 14.9 Å². The lowest BCUT2D eigenvalue weighted by Crippen LogP contribution is -2.02. The van der Waals surface area contributed by atoms with Crippen LogP contribution in [-0.4, -0.2) is 34.3 Å². The fourth-order valence-corrected chi connectivity index (χ4v) is 2.86. The molecule has 7 heteroatoms. The standard InChI is InChI=1S/C21H24N4O2S/c1-3-12-27-18-11-10-17(13-19(18)26-4-2)15-22-25-20(23-24-21(25)28)14-16-8-6-5-7-9-16/h5-11,13,15H,3-4,12,14H2,1-2H3,(H,24,28)/b22-15-. The van der Waals surface area contributed by atoms with E-state index < -0.39 is 0 Å². The Morgan fingerprint density at radius 2 is 1.93 bits per heavy atom. The number of hydrogen-bond acceptors (Lipinski definition) is 5. The van der Waals surface area contributed by atoms with E-state index in [9.17, 15) is 0 Å². The summed E-state index contributed by atoms with van der Waals surface area (Å²) in [7, 11) is 0. The fourth-order valence-electron chi connectivity index (χ4n) is 2.67. The lowest BCUT2D eigenvalue weighted by molar-refractivity contribution is 0.277. The number of hydrogen-bond donors (Lipinski definition) is 1. The average Bonchev–Trinajstić information content (AvgIpc) is 3.06. The molecule has 0 saturated heterocycles. The molecule has 0 amide bonds. The topological polar surface area (TPSA) is 64.4 Å². The van der Waals surface area contributed by atoms with Crippen LogP contribution in [0.5, 0.6) is 11.5 Å². The first-order valence-electron chi connectivity index (χ1n) is 9.35. The highest BCUT2D eigenvalue weighted by atomic mass is 32.1. The molecule has 0 saturated carbocycles. The summed E-state index contributed by atoms with van der Waals surface area (Å²) < 4.78 is 13.5. The van der Waals surface area contributed by atoms with Gasteiger partial charge in [0.2, 0.25) is 4.77 Å². The largest absolute Gasteiger partial charge is 0.490 e. The first kappa shape index (κ1) is 19.8. The molecular formula is C21H24N4O2S. The van der Waals surface area contributed by atoms with Crippen LogP contribution in [-0.2, 0) is 6.42 Å². The third kappa shape index (κ3) is 5.07. The van der Waals surface area contributed by atoms with Crippen molar-refractivity contribution in [2.75, 3.05) is 13.2 Å². The quantitative estimate of drug-likeness (QED) is 0.424. The summed E-state index contributed by atoms with van der Waals surface area (Å²) in [5.41, 5.74) is 2.03. The highest BCUT2D eigenvalue weighted by Gasteiger charge is 2.08. The van der Waals surface area contributed by atoms with Gasteiger partial charge in [0.05, 0.1) is 19.4 Å². The van der Waals surface area contributed by atoms with Crippen LogP contribution < -0.4 is 9.47 Å². The van der Waals surface area contributed by atoms with Crippen LogP contribution in [0.15, 0.2) is 53.6 Å². The Balaban J connectivity index is 1.83. The first-order valence-corrected chi connectivity index (χ1v) is 9.76. The van der Waals surface area contributed by atoms with Crippen LogP contribution in [0.1, 0.15) is 37.2 Å². The Morgan fingerprint density at radius 3 is 2.68 bits per heavy atom. The molecule has 6 nitrogen and oxygen atoms in total. The van der Waals surface area contributed by atoms with Gasteiger partial charge in [0.1, 0.15) is 0 Å². The predicted molar refractivity (Wildman–Crippen MR) is 113 cm³/mol. The van der Waals surface area contributed by atoms with Gasteiger partial charge in [-0.15, -0.1) is 0 Å². The molecule has 1 aromatic heterocycles. The molecule has 28 heavy (non-hydrogen) atoms. The summed E-state index contributed by atoms with van der Waals surface area (Å²) in [6, 6.07) is 15.9. The normalized spacial score (nSPS) is 11.1. The van der Waals surface area contributed by atoms with E-state index in [4.69, 9.17) is 21.7 Å². The van der Waals surface area contributed by atoms with Crippen LogP contribution in [0.25, 0.3) is 0 Å². The van der Waals surface area contributed by atoms with E-state index in [1.54, 1.807) is 10.9 Å². The number of nitrogens with one attached hydrogen (secondary N) is 1. The van der Waals surface area contributed by atoms with Gasteiger partial charge in [0.15, 0.2) is 17.3 Å². The minimum atomic E-state index is 0.454. The predicted octanol–water partition coefficient (Wildman–Crippen LogP) is 4.60. The van der Waals surface area contributed by atoms with Crippen molar-refractivity contribution in [2.45, 2.75) is 26.7 Å². The molecule has 1 N–H and O–H groups in total. The number of H-pyrrole nitrogens is 1. The molecule has 1 heterocycles. The molecule has 0 spiro atoms. The highest BCUT2D eigenvalue weighted by molar-refractivity contribution is 7.71. The number of ether oxygens (including phenoxy) is 2. The van der Waals surface area contributed by atoms with E-state index in [0.29, 0.717) is 30.2 Å². The van der Waals surface area contributed by atoms with Crippen molar-refractivity contribution in [3.8, 4) is 11.5 Å². The van der Waals surface area contributed by atoms with Gasteiger partial charge >= 0.3 is 0 Å². The summed E-state index contributed by atoms with van der Waals surface area (Å²) in [5.74, 6) is 2.20. The Hall–Kier alpha value is -2.93. The van der Waals surface area contributed by atoms with Crippen molar-refractivity contribution in [1.29, 1.82) is 0 Å². The Bertz CT molecular complexity index is 980. The van der Waals surface area contributed by atoms with Crippen LogP contribution in [0.3, 0.4) is 0 Å². The second-order valence-corrected chi connectivity index (χ2v) is 6.54. The summed E-state index contributed by atoms with van der Waals surface area (Å²) >= 11 is 5.33. The monoisotopic (exact) mass is 396 g/mol. The number of rotatable bonds is 9. The Kier molecular flexibility index (Phi) is 6.97. The molecule has 3 aromatic rings. The zero-order valence-electron chi connectivity index (χ0n) is 16.1. The van der Waals surface area contributed by atoms with Crippen molar-refractivity contribution in [2.24, 2.45) is 5.10 Å². The van der Waals surface area contributed by atoms with Gasteiger partial charge in [-0.3, -0.25) is 5.10 Å². The second kappa shape index (κ2) is 9.85. The van der Waals surface area contributed by atoms with Crippen LogP contribution >= 0.6 is 12.2 Å². The van der Waals surface area contributed by atoms with Gasteiger partial charge in [-0.25, -0.2) is 0 Å². The molecule has 0 atom stereocenters. The smallest absolute Gasteiger partial charge is 0.216 e. The van der Waals surface area contributed by atoms with E-state index in [2.05, 4.69) is 34.4 Å². The fraction of sp³-hybridized carbons (Fsp3) is 0.286. The average molecular weight is 397 g/mol. The van der Waals surface area contributed by atoms with E-state index in [1.807, 2.05) is 43.3 Å². The SMILES string of the molecule is CCCOc1ccc(/C=N\n2c(Cc3ccccc3)n[nH]c2=S)cc1OCC. The van der Waals surface area contributed by atoms with E-state index in [0.717, 1.165) is 29.1 Å². The van der Waals surface area contributed by atoms with Crippen molar-refractivity contribution >= 4 is 18.4 Å². The Morgan fingerprint density at radius 1 is 1.11 bits per heavy atom. The van der Waals surface area contributed by atoms with Crippen molar-refractivity contribution in [3.63, 3.8) is 0 Å². The highest BCUT2D eigenvalue weighted by Crippen LogP contribution is 2.28. The lowest BCUT2D eigenvalue weighted by Gasteiger charge is -2.11.